The van der Waals surface area contributed by atoms with E-state index >= 15 is 0 Å². The van der Waals surface area contributed by atoms with E-state index in [9.17, 15) is 4.79 Å². The summed E-state index contributed by atoms with van der Waals surface area (Å²) in [7, 11) is 1.66. The first-order valence-electron chi connectivity index (χ1n) is 9.30. The van der Waals surface area contributed by atoms with Gasteiger partial charge in [0.2, 0.25) is 5.91 Å². The first kappa shape index (κ1) is 18.6. The lowest BCUT2D eigenvalue weighted by Gasteiger charge is -2.25. The summed E-state index contributed by atoms with van der Waals surface area (Å²) in [6, 6.07) is 7.80. The largest absolute Gasteiger partial charge is 0.497 e. The zero-order valence-electron chi connectivity index (χ0n) is 15.4. The molecule has 0 spiro atoms. The third-order valence-corrected chi connectivity index (χ3v) is 4.97. The van der Waals surface area contributed by atoms with Gasteiger partial charge in [0.1, 0.15) is 5.75 Å². The lowest BCUT2D eigenvalue weighted by molar-refractivity contribution is -0.123. The van der Waals surface area contributed by atoms with Crippen LogP contribution >= 0.6 is 0 Å². The van der Waals surface area contributed by atoms with Gasteiger partial charge in [-0.25, -0.2) is 0 Å². The van der Waals surface area contributed by atoms with Crippen LogP contribution in [-0.4, -0.2) is 19.6 Å². The maximum atomic E-state index is 13.2. The monoisotopic (exact) mass is 329 g/mol. The van der Waals surface area contributed by atoms with Crippen molar-refractivity contribution in [1.82, 2.24) is 0 Å². The number of ether oxygens (including phenoxy) is 1. The van der Waals surface area contributed by atoms with E-state index < -0.39 is 0 Å². The molecule has 1 heterocycles. The van der Waals surface area contributed by atoms with Gasteiger partial charge in [0.05, 0.1) is 12.5 Å². The predicted molar refractivity (Wildman–Crippen MR) is 101 cm³/mol. The fourth-order valence-electron chi connectivity index (χ4n) is 3.39. The first-order valence-corrected chi connectivity index (χ1v) is 9.30. The predicted octanol–water partition coefficient (Wildman–Crippen LogP) is 5.35. The number of allylic oxidation sites excluding steroid dienone is 1. The van der Waals surface area contributed by atoms with Gasteiger partial charge in [0.15, 0.2) is 0 Å². The van der Waals surface area contributed by atoms with Gasteiger partial charge in [-0.05, 0) is 43.5 Å². The Labute approximate surface area is 146 Å². The maximum absolute atomic E-state index is 13.2. The summed E-state index contributed by atoms with van der Waals surface area (Å²) in [6.07, 6.45) is 12.0. The Morgan fingerprint density at radius 2 is 1.88 bits per heavy atom. The number of carbonyl (C=O) groups excluding carboxylic acids is 1. The van der Waals surface area contributed by atoms with Crippen LogP contribution in [-0.2, 0) is 4.79 Å². The normalized spacial score (nSPS) is 21.0. The number of amides is 1. The summed E-state index contributed by atoms with van der Waals surface area (Å²) in [4.78, 5) is 15.1. The Balaban J connectivity index is 2.16. The molecule has 1 atom stereocenters. The van der Waals surface area contributed by atoms with Crippen LogP contribution in [0.15, 0.2) is 36.4 Å². The minimum absolute atomic E-state index is 0.258. The molecular weight excluding hydrogens is 298 g/mol. The summed E-state index contributed by atoms with van der Waals surface area (Å²) in [5, 5.41) is 0. The summed E-state index contributed by atoms with van der Waals surface area (Å²) < 4.78 is 5.21. The van der Waals surface area contributed by atoms with E-state index in [0.717, 1.165) is 50.1 Å². The summed E-state index contributed by atoms with van der Waals surface area (Å²) >= 11 is 0. The molecule has 0 aromatic heterocycles. The third-order valence-electron chi connectivity index (χ3n) is 4.97. The van der Waals surface area contributed by atoms with E-state index in [1.807, 2.05) is 29.2 Å². The number of rotatable bonds is 9. The topological polar surface area (TPSA) is 29.5 Å². The molecule has 2 rings (SSSR count). The van der Waals surface area contributed by atoms with E-state index in [4.69, 9.17) is 4.74 Å². The van der Waals surface area contributed by atoms with Crippen LogP contribution in [0.2, 0.25) is 0 Å². The molecule has 1 aliphatic rings. The van der Waals surface area contributed by atoms with E-state index in [0.29, 0.717) is 0 Å². The molecule has 1 aromatic carbocycles. The maximum Gasteiger partial charge on any atom is 0.237 e. The van der Waals surface area contributed by atoms with Gasteiger partial charge in [-0.3, -0.25) is 4.79 Å². The molecule has 1 fully saturated rings. The highest BCUT2D eigenvalue weighted by molar-refractivity contribution is 6.01. The minimum atomic E-state index is -0.302. The number of hydrogen-bond donors (Lipinski definition) is 0. The van der Waals surface area contributed by atoms with E-state index in [1.165, 1.54) is 12.8 Å². The number of methoxy groups -OCH3 is 1. The summed E-state index contributed by atoms with van der Waals surface area (Å²) in [5.41, 5.74) is 0.671. The number of unbranched alkanes of at least 4 members (excludes halogenated alkanes) is 3. The van der Waals surface area contributed by atoms with Crippen LogP contribution in [0.4, 0.5) is 5.69 Å². The zero-order chi connectivity index (χ0) is 17.4. The van der Waals surface area contributed by atoms with Gasteiger partial charge in [0, 0.05) is 12.2 Å². The number of benzene rings is 1. The number of carbonyl (C=O) groups is 1. The molecule has 0 bridgehead atoms. The van der Waals surface area contributed by atoms with Gasteiger partial charge in [-0.1, -0.05) is 51.7 Å². The molecule has 1 amide bonds. The van der Waals surface area contributed by atoms with Crippen molar-refractivity contribution in [3.05, 3.63) is 36.4 Å². The van der Waals surface area contributed by atoms with Crippen molar-refractivity contribution >= 4 is 11.6 Å². The van der Waals surface area contributed by atoms with Gasteiger partial charge >= 0.3 is 0 Å². The second kappa shape index (κ2) is 8.91. The van der Waals surface area contributed by atoms with Crippen LogP contribution in [0, 0.1) is 5.41 Å². The average Bonchev–Trinajstić information content (AvgIpc) is 2.94. The Morgan fingerprint density at radius 1 is 1.17 bits per heavy atom. The average molecular weight is 329 g/mol. The van der Waals surface area contributed by atoms with Gasteiger partial charge < -0.3 is 9.64 Å². The first-order chi connectivity index (χ1) is 11.7. The molecule has 1 aliphatic heterocycles. The van der Waals surface area contributed by atoms with E-state index in [1.54, 1.807) is 7.11 Å². The van der Waals surface area contributed by atoms with Crippen molar-refractivity contribution in [3.63, 3.8) is 0 Å². The SMILES string of the molecule is CCCC/C=C/[C@]1(CCCC)CCN(c2ccc(OC)cc2)C1=O. The standard InChI is InChI=1S/C21H31NO2/c1-4-6-8-9-15-21(14-7-5-2)16-17-22(20(21)23)18-10-12-19(24-3)13-11-18/h9-13,15H,4-8,14,16-17H2,1-3H3/b15-9+/t21-/m1/s1. The van der Waals surface area contributed by atoms with E-state index in [2.05, 4.69) is 26.0 Å². The van der Waals surface area contributed by atoms with Crippen LogP contribution in [0.25, 0.3) is 0 Å². The molecule has 1 saturated heterocycles. The van der Waals surface area contributed by atoms with Crippen molar-refractivity contribution < 1.29 is 9.53 Å². The highest BCUT2D eigenvalue weighted by atomic mass is 16.5. The van der Waals surface area contributed by atoms with Crippen molar-refractivity contribution in [3.8, 4) is 5.75 Å². The van der Waals surface area contributed by atoms with Crippen LogP contribution in [0.1, 0.15) is 58.8 Å². The highest BCUT2D eigenvalue weighted by Crippen LogP contribution is 2.41. The Kier molecular flexibility index (Phi) is 6.89. The molecule has 0 saturated carbocycles. The zero-order valence-corrected chi connectivity index (χ0v) is 15.4. The molecule has 1 aromatic rings. The molecular formula is C21H31NO2. The van der Waals surface area contributed by atoms with Gasteiger partial charge in [-0.15, -0.1) is 0 Å². The van der Waals surface area contributed by atoms with Crippen LogP contribution < -0.4 is 9.64 Å². The number of hydrogen-bond acceptors (Lipinski definition) is 2. The quantitative estimate of drug-likeness (QED) is 0.451. The molecule has 132 valence electrons. The van der Waals surface area contributed by atoms with E-state index in [-0.39, 0.29) is 11.3 Å². The van der Waals surface area contributed by atoms with Crippen molar-refractivity contribution in [2.45, 2.75) is 58.8 Å². The number of nitrogens with zero attached hydrogens (tertiary/aromatic N) is 1. The Bertz CT molecular complexity index is 549. The minimum Gasteiger partial charge on any atom is -0.497 e. The molecule has 0 unspecified atom stereocenters. The highest BCUT2D eigenvalue weighted by Gasteiger charge is 2.44. The molecule has 0 aliphatic carbocycles. The van der Waals surface area contributed by atoms with Gasteiger partial charge in [-0.2, -0.15) is 0 Å². The number of anilines is 1. The second-order valence-corrected chi connectivity index (χ2v) is 6.71. The third kappa shape index (κ3) is 4.19. The fourth-order valence-corrected chi connectivity index (χ4v) is 3.39. The Hall–Kier alpha value is -1.77. The molecule has 3 nitrogen and oxygen atoms in total. The van der Waals surface area contributed by atoms with Gasteiger partial charge in [0.25, 0.3) is 0 Å². The fraction of sp³-hybridized carbons (Fsp3) is 0.571. The van der Waals surface area contributed by atoms with Crippen molar-refractivity contribution in [1.29, 1.82) is 0 Å². The molecule has 0 N–H and O–H groups in total. The van der Waals surface area contributed by atoms with Crippen LogP contribution in [0.3, 0.4) is 0 Å². The van der Waals surface area contributed by atoms with Crippen LogP contribution in [0.5, 0.6) is 5.75 Å². The summed E-state index contributed by atoms with van der Waals surface area (Å²) in [6.45, 7) is 5.19. The van der Waals surface area contributed by atoms with Crippen molar-refractivity contribution in [2.24, 2.45) is 5.41 Å². The molecule has 0 radical (unpaired) electrons. The smallest absolute Gasteiger partial charge is 0.237 e. The molecule has 3 heteroatoms. The lowest BCUT2D eigenvalue weighted by atomic mass is 9.80. The van der Waals surface area contributed by atoms with Crippen molar-refractivity contribution in [2.75, 3.05) is 18.6 Å². The second-order valence-electron chi connectivity index (χ2n) is 6.71. The Morgan fingerprint density at radius 3 is 2.50 bits per heavy atom. The molecule has 24 heavy (non-hydrogen) atoms. The summed E-state index contributed by atoms with van der Waals surface area (Å²) in [5.74, 6) is 1.08. The lowest BCUT2D eigenvalue weighted by Crippen LogP contribution is -2.33.